The highest BCUT2D eigenvalue weighted by atomic mass is 35.5. The second-order valence-corrected chi connectivity index (χ2v) is 3.07. The molecule has 0 radical (unpaired) electrons. The first-order chi connectivity index (χ1) is 7.52. The molecule has 0 aromatic carbocycles. The molecule has 0 aliphatic heterocycles. The third kappa shape index (κ3) is 2.21. The lowest BCUT2D eigenvalue weighted by Gasteiger charge is -2.10. The third-order valence-electron chi connectivity index (χ3n) is 1.83. The van der Waals surface area contributed by atoms with E-state index in [1.165, 1.54) is 7.11 Å². The summed E-state index contributed by atoms with van der Waals surface area (Å²) in [5.74, 6) is -0.868. The minimum Gasteiger partial charge on any atom is -0.494 e. The Balaban J connectivity index is 3.40. The van der Waals surface area contributed by atoms with Crippen LogP contribution in [0.25, 0.3) is 0 Å². The molecule has 0 bridgehead atoms. The second kappa shape index (κ2) is 5.07. The molecule has 4 nitrogen and oxygen atoms in total. The van der Waals surface area contributed by atoms with E-state index in [2.05, 4.69) is 9.72 Å². The fraction of sp³-hybridized carbons (Fsp3) is 0.333. The average molecular weight is 252 g/mol. The Labute approximate surface area is 95.1 Å². The van der Waals surface area contributed by atoms with Gasteiger partial charge in [0.1, 0.15) is 11.3 Å². The van der Waals surface area contributed by atoms with Crippen LogP contribution in [-0.2, 0) is 4.74 Å². The third-order valence-corrected chi connectivity index (χ3v) is 2.21. The van der Waals surface area contributed by atoms with Gasteiger partial charge in [-0.15, -0.1) is 0 Å². The summed E-state index contributed by atoms with van der Waals surface area (Å²) in [4.78, 5) is 14.7. The molecule has 0 atom stereocenters. The van der Waals surface area contributed by atoms with Crippen molar-refractivity contribution in [1.82, 2.24) is 4.98 Å². The summed E-state index contributed by atoms with van der Waals surface area (Å²) in [6.45, 7) is 0. The number of rotatable bonds is 3. The van der Waals surface area contributed by atoms with E-state index in [-0.39, 0.29) is 11.3 Å². The van der Waals surface area contributed by atoms with Gasteiger partial charge in [-0.25, -0.2) is 18.6 Å². The van der Waals surface area contributed by atoms with Crippen LogP contribution in [0.3, 0.4) is 0 Å². The van der Waals surface area contributed by atoms with Crippen LogP contribution in [0.1, 0.15) is 22.5 Å². The van der Waals surface area contributed by atoms with Gasteiger partial charge >= 0.3 is 5.97 Å². The van der Waals surface area contributed by atoms with Gasteiger partial charge in [0.25, 0.3) is 6.43 Å². The lowest BCUT2D eigenvalue weighted by molar-refractivity contribution is 0.0596. The van der Waals surface area contributed by atoms with E-state index in [1.807, 2.05) is 0 Å². The monoisotopic (exact) mass is 251 g/mol. The Bertz CT molecular complexity index is 412. The number of pyridine rings is 1. The molecule has 0 saturated heterocycles. The van der Waals surface area contributed by atoms with E-state index in [0.717, 1.165) is 13.3 Å². The van der Waals surface area contributed by atoms with E-state index in [4.69, 9.17) is 16.3 Å². The first kappa shape index (κ1) is 12.6. The number of alkyl halides is 2. The largest absolute Gasteiger partial charge is 0.494 e. The maximum absolute atomic E-state index is 12.5. The Morgan fingerprint density at radius 3 is 2.56 bits per heavy atom. The Kier molecular flexibility index (Phi) is 4.00. The molecule has 1 heterocycles. The summed E-state index contributed by atoms with van der Waals surface area (Å²) in [7, 11) is 2.38. The van der Waals surface area contributed by atoms with E-state index >= 15 is 0 Å². The number of nitrogens with zero attached hydrogens (tertiary/aromatic N) is 1. The molecule has 0 aliphatic carbocycles. The normalized spacial score (nSPS) is 10.4. The molecule has 7 heteroatoms. The molecule has 88 valence electrons. The van der Waals surface area contributed by atoms with E-state index in [1.54, 1.807) is 0 Å². The predicted octanol–water partition coefficient (Wildman–Crippen LogP) is 2.47. The zero-order valence-electron chi connectivity index (χ0n) is 8.46. The van der Waals surface area contributed by atoms with Crippen molar-refractivity contribution >= 4 is 17.6 Å². The average Bonchev–Trinajstić information content (AvgIpc) is 2.26. The molecular weight excluding hydrogens is 244 g/mol. The highest BCUT2D eigenvalue weighted by Gasteiger charge is 2.25. The molecule has 1 rings (SSSR count). The predicted molar refractivity (Wildman–Crippen MR) is 52.1 cm³/mol. The quantitative estimate of drug-likeness (QED) is 0.775. The van der Waals surface area contributed by atoms with Gasteiger partial charge in [-0.2, -0.15) is 0 Å². The van der Waals surface area contributed by atoms with Crippen molar-refractivity contribution < 1.29 is 23.0 Å². The minimum atomic E-state index is -2.87. The molecule has 0 spiro atoms. The molecule has 1 aromatic rings. The maximum atomic E-state index is 12.5. The zero-order valence-corrected chi connectivity index (χ0v) is 9.22. The summed E-state index contributed by atoms with van der Waals surface area (Å²) in [5.41, 5.74) is -0.931. The van der Waals surface area contributed by atoms with Gasteiger partial charge in [0.2, 0.25) is 0 Å². The SMILES string of the molecule is COC(=O)c1c(OC)cnc(C(F)F)c1Cl. The van der Waals surface area contributed by atoms with Gasteiger partial charge in [-0.1, -0.05) is 11.6 Å². The van der Waals surface area contributed by atoms with Crippen LogP contribution in [0.15, 0.2) is 6.20 Å². The van der Waals surface area contributed by atoms with E-state index < -0.39 is 23.1 Å². The first-order valence-corrected chi connectivity index (χ1v) is 4.49. The van der Waals surface area contributed by atoms with Gasteiger partial charge in [0.15, 0.2) is 5.75 Å². The topological polar surface area (TPSA) is 48.4 Å². The van der Waals surface area contributed by atoms with Crippen molar-refractivity contribution in [2.45, 2.75) is 6.43 Å². The van der Waals surface area contributed by atoms with Crippen LogP contribution in [0.5, 0.6) is 5.75 Å². The van der Waals surface area contributed by atoms with Crippen molar-refractivity contribution in [3.63, 3.8) is 0 Å². The molecule has 0 unspecified atom stereocenters. The van der Waals surface area contributed by atoms with Crippen molar-refractivity contribution in [3.05, 3.63) is 22.5 Å². The van der Waals surface area contributed by atoms with Crippen LogP contribution in [0, 0.1) is 0 Å². The van der Waals surface area contributed by atoms with E-state index in [0.29, 0.717) is 0 Å². The van der Waals surface area contributed by atoms with Crippen molar-refractivity contribution in [1.29, 1.82) is 0 Å². The number of aromatic nitrogens is 1. The highest BCUT2D eigenvalue weighted by Crippen LogP contribution is 2.33. The Hall–Kier alpha value is -1.43. The first-order valence-electron chi connectivity index (χ1n) is 4.11. The Morgan fingerprint density at radius 2 is 2.12 bits per heavy atom. The minimum absolute atomic E-state index is 0.0127. The summed E-state index contributed by atoms with van der Waals surface area (Å²) in [6.07, 6.45) is -1.87. The number of esters is 1. The number of ether oxygens (including phenoxy) is 2. The van der Waals surface area contributed by atoms with Gasteiger partial charge in [-0.05, 0) is 0 Å². The molecule has 0 aliphatic rings. The summed E-state index contributed by atoms with van der Waals surface area (Å²) < 4.78 is 34.2. The van der Waals surface area contributed by atoms with Crippen LogP contribution >= 0.6 is 11.6 Å². The molecule has 0 saturated carbocycles. The highest BCUT2D eigenvalue weighted by molar-refractivity contribution is 6.34. The van der Waals surface area contributed by atoms with Crippen LogP contribution < -0.4 is 4.74 Å². The number of hydrogen-bond donors (Lipinski definition) is 0. The number of carbonyl (C=O) groups excluding carboxylic acids is 1. The summed E-state index contributed by atoms with van der Waals surface area (Å²) in [5, 5.41) is -0.457. The fourth-order valence-electron chi connectivity index (χ4n) is 1.08. The number of hydrogen-bond acceptors (Lipinski definition) is 4. The van der Waals surface area contributed by atoms with Crippen LogP contribution in [-0.4, -0.2) is 25.2 Å². The Morgan fingerprint density at radius 1 is 1.50 bits per heavy atom. The smallest absolute Gasteiger partial charge is 0.343 e. The van der Waals surface area contributed by atoms with Crippen LogP contribution in [0.2, 0.25) is 5.02 Å². The van der Waals surface area contributed by atoms with Gasteiger partial charge < -0.3 is 9.47 Å². The van der Waals surface area contributed by atoms with Crippen molar-refractivity contribution in [2.75, 3.05) is 14.2 Å². The summed E-state index contributed by atoms with van der Waals surface area (Å²) in [6, 6.07) is 0. The zero-order chi connectivity index (χ0) is 12.3. The standard InChI is InChI=1S/C9H8ClF2NO3/c1-15-4-3-13-7(8(11)12)6(10)5(4)9(14)16-2/h3,8H,1-2H3. The molecule has 0 N–H and O–H groups in total. The number of carbonyl (C=O) groups is 1. The van der Waals surface area contributed by atoms with Gasteiger partial charge in [0.05, 0.1) is 25.4 Å². The molecular formula is C9H8ClF2NO3. The fourth-order valence-corrected chi connectivity index (χ4v) is 1.39. The molecule has 1 aromatic heterocycles. The lowest BCUT2D eigenvalue weighted by Crippen LogP contribution is -2.08. The number of halogens is 3. The molecule has 16 heavy (non-hydrogen) atoms. The van der Waals surface area contributed by atoms with Gasteiger partial charge in [0, 0.05) is 0 Å². The van der Waals surface area contributed by atoms with Gasteiger partial charge in [-0.3, -0.25) is 0 Å². The van der Waals surface area contributed by atoms with E-state index in [9.17, 15) is 13.6 Å². The maximum Gasteiger partial charge on any atom is 0.343 e. The molecule has 0 fully saturated rings. The second-order valence-electron chi connectivity index (χ2n) is 2.69. The summed E-state index contributed by atoms with van der Waals surface area (Å²) >= 11 is 5.64. The van der Waals surface area contributed by atoms with Crippen molar-refractivity contribution in [2.24, 2.45) is 0 Å². The lowest BCUT2D eigenvalue weighted by atomic mass is 10.2. The van der Waals surface area contributed by atoms with Crippen LogP contribution in [0.4, 0.5) is 8.78 Å². The van der Waals surface area contributed by atoms with Crippen molar-refractivity contribution in [3.8, 4) is 5.75 Å². The molecule has 0 amide bonds. The number of methoxy groups -OCH3 is 2.